The first-order chi connectivity index (χ1) is 14.0. The van der Waals surface area contributed by atoms with Crippen LogP contribution >= 0.6 is 11.6 Å². The van der Waals surface area contributed by atoms with E-state index in [0.29, 0.717) is 11.3 Å². The number of hydrogen-bond acceptors (Lipinski definition) is 6. The van der Waals surface area contributed by atoms with Crippen LogP contribution in [0.1, 0.15) is 27.7 Å². The van der Waals surface area contributed by atoms with Crippen LogP contribution in [-0.2, 0) is 30.4 Å². The van der Waals surface area contributed by atoms with Gasteiger partial charge in [-0.05, 0) is 45.4 Å². The lowest BCUT2D eigenvalue weighted by atomic mass is 9.99. The van der Waals surface area contributed by atoms with E-state index in [4.69, 9.17) is 21.1 Å². The maximum atomic E-state index is 12.6. The molecule has 1 aromatic rings. The van der Waals surface area contributed by atoms with E-state index in [1.807, 2.05) is 0 Å². The normalized spacial score (nSPS) is 19.2. The molecule has 1 saturated heterocycles. The van der Waals surface area contributed by atoms with Gasteiger partial charge in [0.2, 0.25) is 0 Å². The Balaban J connectivity index is 2.08. The minimum absolute atomic E-state index is 0.149. The van der Waals surface area contributed by atoms with E-state index in [-0.39, 0.29) is 11.3 Å². The zero-order valence-corrected chi connectivity index (χ0v) is 18.6. The number of carbonyl (C=O) groups is 3. The van der Waals surface area contributed by atoms with E-state index < -0.39 is 46.0 Å². The van der Waals surface area contributed by atoms with Crippen molar-refractivity contribution < 1.29 is 28.1 Å². The summed E-state index contributed by atoms with van der Waals surface area (Å²) in [7, 11) is 0. The van der Waals surface area contributed by atoms with Gasteiger partial charge in [-0.2, -0.15) is 0 Å². The highest BCUT2D eigenvalue weighted by molar-refractivity contribution is 7.68. The molecule has 0 aliphatic carbocycles. The van der Waals surface area contributed by atoms with Crippen LogP contribution in [0.25, 0.3) is 0 Å². The Morgan fingerprint density at radius 1 is 1.27 bits per heavy atom. The molecule has 0 aromatic heterocycles. The molecular formula is C20H23ClN2O6S. The fourth-order valence-electron chi connectivity index (χ4n) is 2.69. The summed E-state index contributed by atoms with van der Waals surface area (Å²) in [6.07, 6.45) is 0. The van der Waals surface area contributed by atoms with Gasteiger partial charge >= 0.3 is 11.9 Å². The van der Waals surface area contributed by atoms with Crippen molar-refractivity contribution in [2.45, 2.75) is 50.9 Å². The molecule has 1 fully saturated rings. The summed E-state index contributed by atoms with van der Waals surface area (Å²) in [6, 6.07) is 6.02. The zero-order valence-electron chi connectivity index (χ0n) is 17.0. The average molecular weight is 455 g/mol. The molecule has 8 nitrogen and oxygen atoms in total. The predicted molar refractivity (Wildman–Crippen MR) is 113 cm³/mol. The van der Waals surface area contributed by atoms with Crippen molar-refractivity contribution in [3.8, 4) is 5.75 Å². The fourth-order valence-corrected chi connectivity index (χ4v) is 3.33. The third-order valence-electron chi connectivity index (χ3n) is 3.94. The Kier molecular flexibility index (Phi) is 7.44. The van der Waals surface area contributed by atoms with Crippen molar-refractivity contribution in [2.24, 2.45) is 0 Å². The summed E-state index contributed by atoms with van der Waals surface area (Å²) in [6.45, 7) is 10.4. The first-order valence-corrected chi connectivity index (χ1v) is 10.2. The van der Waals surface area contributed by atoms with Gasteiger partial charge in [0.25, 0.3) is 11.0 Å². The van der Waals surface area contributed by atoms with Crippen molar-refractivity contribution in [1.29, 1.82) is 0 Å². The van der Waals surface area contributed by atoms with Gasteiger partial charge in [0.05, 0.1) is 0 Å². The predicted octanol–water partition coefficient (Wildman–Crippen LogP) is 1.59. The van der Waals surface area contributed by atoms with Crippen molar-refractivity contribution in [3.05, 3.63) is 42.5 Å². The number of rotatable bonds is 5. The minimum atomic E-state index is -1.13. The summed E-state index contributed by atoms with van der Waals surface area (Å²) in [5.74, 6) is -1.86. The summed E-state index contributed by atoms with van der Waals surface area (Å²) < 4.78 is 21.9. The lowest BCUT2D eigenvalue weighted by molar-refractivity contribution is -0.170. The number of ether oxygens (including phenoxy) is 2. The number of nitrogens with zero attached hydrogens (tertiary/aromatic N) is 1. The smallest absolute Gasteiger partial charge is 0.333 e. The Morgan fingerprint density at radius 3 is 2.33 bits per heavy atom. The first kappa shape index (κ1) is 23.6. The largest absolute Gasteiger partial charge is 0.458 e. The quantitative estimate of drug-likeness (QED) is 0.181. The molecule has 2 rings (SSSR count). The van der Waals surface area contributed by atoms with Crippen LogP contribution in [0, 0.1) is 0 Å². The molecule has 1 aliphatic rings. The number of β-lactam (4-membered cyclic amide) rings is 1. The van der Waals surface area contributed by atoms with E-state index >= 15 is 0 Å². The molecule has 0 saturated carbocycles. The van der Waals surface area contributed by atoms with E-state index in [0.717, 1.165) is 4.90 Å². The van der Waals surface area contributed by atoms with E-state index in [1.165, 1.54) is 0 Å². The summed E-state index contributed by atoms with van der Waals surface area (Å²) >= 11 is 6.14. The topological polar surface area (TPSA) is 102 Å². The molecule has 1 N–H and O–H groups in total. The number of benzene rings is 1. The zero-order chi connectivity index (χ0) is 22.6. The number of alkyl halides is 1. The molecule has 3 unspecified atom stereocenters. The summed E-state index contributed by atoms with van der Waals surface area (Å²) in [4.78, 5) is 38.6. The Hall–Kier alpha value is -2.65. The van der Waals surface area contributed by atoms with Gasteiger partial charge < -0.3 is 19.7 Å². The molecule has 30 heavy (non-hydrogen) atoms. The number of para-hydroxylation sites is 1. The maximum absolute atomic E-state index is 12.6. The second kappa shape index (κ2) is 9.44. The van der Waals surface area contributed by atoms with Crippen LogP contribution in [0.3, 0.4) is 0 Å². The molecule has 0 bridgehead atoms. The molecule has 1 aliphatic heterocycles. The van der Waals surface area contributed by atoms with E-state index in [1.54, 1.807) is 58.0 Å². The summed E-state index contributed by atoms with van der Waals surface area (Å²) in [5.41, 5.74) is -1.44. The average Bonchev–Trinajstić information content (AvgIpc) is 2.66. The Labute approximate surface area is 183 Å². The molecule has 1 heterocycles. The number of nitrogens with one attached hydrogen (secondary N) is 1. The number of likely N-dealkylation sites (tertiary alicyclic amines) is 1. The number of carbonyl (C=O) groups excluding carboxylic acids is 3. The third kappa shape index (κ3) is 5.48. The second-order valence-corrected chi connectivity index (χ2v) is 8.62. The van der Waals surface area contributed by atoms with Gasteiger partial charge in [0.1, 0.15) is 34.1 Å². The minimum Gasteiger partial charge on any atom is -0.458 e. The van der Waals surface area contributed by atoms with Crippen LogP contribution in [0.2, 0.25) is 0 Å². The van der Waals surface area contributed by atoms with E-state index in [2.05, 4.69) is 11.9 Å². The molecule has 1 aromatic carbocycles. The van der Waals surface area contributed by atoms with Crippen molar-refractivity contribution >= 4 is 45.7 Å². The van der Waals surface area contributed by atoms with Crippen molar-refractivity contribution in [1.82, 2.24) is 10.2 Å². The Morgan fingerprint density at radius 2 is 1.87 bits per heavy atom. The lowest BCUT2D eigenvalue weighted by Crippen LogP contribution is -2.73. The van der Waals surface area contributed by atoms with Gasteiger partial charge in [-0.15, -0.1) is 0 Å². The maximum Gasteiger partial charge on any atom is 0.333 e. The van der Waals surface area contributed by atoms with Crippen LogP contribution in [0.5, 0.6) is 5.75 Å². The van der Waals surface area contributed by atoms with Crippen LogP contribution in [0.4, 0.5) is 0 Å². The van der Waals surface area contributed by atoms with Gasteiger partial charge in [-0.1, -0.05) is 36.4 Å². The molecular weight excluding hydrogens is 432 g/mol. The summed E-state index contributed by atoms with van der Waals surface area (Å²) in [5, 5.41) is 1.89. The van der Waals surface area contributed by atoms with Crippen LogP contribution in [0.15, 0.2) is 42.5 Å². The second-order valence-electron chi connectivity index (χ2n) is 7.64. The molecule has 2 amide bonds. The number of esters is 1. The standard InChI is InChI=1S/C20H23ClN2O6S/c1-11(2)14(18(26)29-20(3,4)5)23-15(21)13(17(23)25)22-16(24)19(30-27)28-12-9-7-6-8-10-12/h6-10,13-15H,1H2,2-5H3,(H,22,24). The highest BCUT2D eigenvalue weighted by Crippen LogP contribution is 2.30. The van der Waals surface area contributed by atoms with E-state index in [9.17, 15) is 18.6 Å². The highest BCUT2D eigenvalue weighted by Gasteiger charge is 2.53. The monoisotopic (exact) mass is 454 g/mol. The SMILES string of the molecule is C=C(C)C(C(=O)OC(C)(C)C)N1C(=O)C(NC(=O)C(Oc2ccccc2)=S=O)C1Cl. The third-order valence-corrected chi connectivity index (χ3v) is 4.82. The molecule has 162 valence electrons. The van der Waals surface area contributed by atoms with Crippen LogP contribution < -0.4 is 10.1 Å². The first-order valence-electron chi connectivity index (χ1n) is 9.01. The lowest BCUT2D eigenvalue weighted by Gasteiger charge is -2.47. The number of halogens is 1. The Bertz CT molecular complexity index is 908. The van der Waals surface area contributed by atoms with Crippen molar-refractivity contribution in [2.75, 3.05) is 0 Å². The number of hydrogen-bond donors (Lipinski definition) is 1. The molecule has 3 atom stereocenters. The van der Waals surface area contributed by atoms with Gasteiger partial charge in [0.15, 0.2) is 6.04 Å². The number of amides is 2. The van der Waals surface area contributed by atoms with Crippen LogP contribution in [-0.4, -0.2) is 55.1 Å². The van der Waals surface area contributed by atoms with Crippen molar-refractivity contribution in [3.63, 3.8) is 0 Å². The molecule has 0 spiro atoms. The fraction of sp³-hybridized carbons (Fsp3) is 0.400. The van der Waals surface area contributed by atoms with Gasteiger partial charge in [-0.3, -0.25) is 9.59 Å². The molecule has 10 heteroatoms. The van der Waals surface area contributed by atoms with Gasteiger partial charge in [0, 0.05) is 0 Å². The highest BCUT2D eigenvalue weighted by atomic mass is 35.5. The van der Waals surface area contributed by atoms with Gasteiger partial charge in [-0.25, -0.2) is 9.00 Å². The molecule has 0 radical (unpaired) electrons.